The van der Waals surface area contributed by atoms with E-state index in [4.69, 9.17) is 0 Å². The fourth-order valence-corrected chi connectivity index (χ4v) is 1.68. The van der Waals surface area contributed by atoms with Gasteiger partial charge in [-0.15, -0.1) is 0 Å². The van der Waals surface area contributed by atoms with Gasteiger partial charge in [0.25, 0.3) is 0 Å². The van der Waals surface area contributed by atoms with E-state index in [1.165, 1.54) is 0 Å². The summed E-state index contributed by atoms with van der Waals surface area (Å²) in [5, 5.41) is 2.33. The first-order chi connectivity index (χ1) is 9.84. The van der Waals surface area contributed by atoms with E-state index in [-0.39, 0.29) is 5.69 Å². The number of nitrogens with zero attached hydrogens (tertiary/aromatic N) is 1. The molecule has 0 amide bonds. The molecular formula is C16H15F3N2. The van der Waals surface area contributed by atoms with Crippen molar-refractivity contribution in [2.75, 3.05) is 5.32 Å². The number of amidine groups is 1. The molecule has 2 nitrogen and oxygen atoms in total. The van der Waals surface area contributed by atoms with Crippen LogP contribution in [0.2, 0.25) is 0 Å². The number of hydrogen-bond donors (Lipinski definition) is 1. The molecule has 110 valence electrons. The van der Waals surface area contributed by atoms with Gasteiger partial charge in [-0.1, -0.05) is 35.4 Å². The Balaban J connectivity index is 2.30. The van der Waals surface area contributed by atoms with Crippen LogP contribution in [0.5, 0.6) is 0 Å². The lowest BCUT2D eigenvalue weighted by atomic mass is 10.2. The van der Waals surface area contributed by atoms with Crippen LogP contribution in [0.4, 0.5) is 24.5 Å². The molecule has 0 fully saturated rings. The smallest absolute Gasteiger partial charge is 0.336 e. The fraction of sp³-hybridized carbons (Fsp3) is 0.188. The summed E-state index contributed by atoms with van der Waals surface area (Å²) in [7, 11) is 0. The third-order valence-corrected chi connectivity index (χ3v) is 2.86. The number of hydrogen-bond acceptors (Lipinski definition) is 1. The summed E-state index contributed by atoms with van der Waals surface area (Å²) in [5.41, 5.74) is 2.55. The van der Waals surface area contributed by atoms with Crippen LogP contribution < -0.4 is 5.32 Å². The van der Waals surface area contributed by atoms with Crippen molar-refractivity contribution >= 4 is 17.2 Å². The maximum absolute atomic E-state index is 13.1. The second-order valence-electron chi connectivity index (χ2n) is 4.78. The minimum atomic E-state index is -4.55. The van der Waals surface area contributed by atoms with E-state index in [9.17, 15) is 13.2 Å². The van der Waals surface area contributed by atoms with Gasteiger partial charge in [-0.2, -0.15) is 13.2 Å². The molecule has 0 aromatic heterocycles. The van der Waals surface area contributed by atoms with Crippen LogP contribution in [0, 0.1) is 13.8 Å². The first kappa shape index (κ1) is 15.1. The molecule has 0 spiro atoms. The molecule has 2 aromatic carbocycles. The Bertz CT molecular complexity index is 626. The van der Waals surface area contributed by atoms with Crippen molar-refractivity contribution in [1.82, 2.24) is 0 Å². The highest BCUT2D eigenvalue weighted by atomic mass is 19.4. The lowest BCUT2D eigenvalue weighted by Crippen LogP contribution is -2.30. The molecular weight excluding hydrogens is 277 g/mol. The predicted molar refractivity (Wildman–Crippen MR) is 79.1 cm³/mol. The molecule has 0 saturated carbocycles. The third kappa shape index (κ3) is 4.34. The lowest BCUT2D eigenvalue weighted by molar-refractivity contribution is -0.0586. The van der Waals surface area contributed by atoms with E-state index in [1.54, 1.807) is 48.5 Å². The molecule has 0 aliphatic carbocycles. The minimum absolute atomic E-state index is 0.257. The molecule has 21 heavy (non-hydrogen) atoms. The Kier molecular flexibility index (Phi) is 4.31. The first-order valence-electron chi connectivity index (χ1n) is 6.41. The largest absolute Gasteiger partial charge is 0.449 e. The van der Waals surface area contributed by atoms with Crippen LogP contribution in [0.15, 0.2) is 53.5 Å². The van der Waals surface area contributed by atoms with E-state index in [2.05, 4.69) is 10.3 Å². The Hall–Kier alpha value is -2.30. The number of halogens is 3. The number of aryl methyl sites for hydroxylation is 2. The second kappa shape index (κ2) is 5.99. The molecule has 0 bridgehead atoms. The van der Waals surface area contributed by atoms with E-state index in [0.717, 1.165) is 11.1 Å². The number of anilines is 1. The molecule has 0 atom stereocenters. The van der Waals surface area contributed by atoms with Crippen LogP contribution in [0.25, 0.3) is 0 Å². The first-order valence-corrected chi connectivity index (χ1v) is 6.41. The molecule has 0 saturated heterocycles. The average Bonchev–Trinajstić information content (AvgIpc) is 2.42. The molecule has 5 heteroatoms. The van der Waals surface area contributed by atoms with Crippen LogP contribution >= 0.6 is 0 Å². The monoisotopic (exact) mass is 292 g/mol. The number of alkyl halides is 3. The van der Waals surface area contributed by atoms with Crippen LogP contribution in [0.1, 0.15) is 11.1 Å². The highest BCUT2D eigenvalue weighted by Gasteiger charge is 2.36. The number of rotatable bonds is 2. The summed E-state index contributed by atoms with van der Waals surface area (Å²) in [5.74, 6) is -1.03. The highest BCUT2D eigenvalue weighted by Crippen LogP contribution is 2.23. The van der Waals surface area contributed by atoms with Gasteiger partial charge in [0.1, 0.15) is 0 Å². The number of benzene rings is 2. The van der Waals surface area contributed by atoms with Crippen molar-refractivity contribution in [1.29, 1.82) is 0 Å². The van der Waals surface area contributed by atoms with Crippen molar-refractivity contribution in [3.63, 3.8) is 0 Å². The third-order valence-electron chi connectivity index (χ3n) is 2.86. The van der Waals surface area contributed by atoms with Gasteiger partial charge in [-0.05, 0) is 38.1 Å². The molecule has 2 aromatic rings. The summed E-state index contributed by atoms with van der Waals surface area (Å²) >= 11 is 0. The van der Waals surface area contributed by atoms with Gasteiger partial charge in [0, 0.05) is 5.69 Å². The van der Waals surface area contributed by atoms with Crippen molar-refractivity contribution in [3.05, 3.63) is 59.7 Å². The van der Waals surface area contributed by atoms with Crippen molar-refractivity contribution < 1.29 is 13.2 Å². The Morgan fingerprint density at radius 2 is 1.33 bits per heavy atom. The van der Waals surface area contributed by atoms with Gasteiger partial charge in [0.05, 0.1) is 5.69 Å². The SMILES string of the molecule is Cc1ccc(N=C(Nc2ccc(C)cc2)C(F)(F)F)cc1. The van der Waals surface area contributed by atoms with Gasteiger partial charge in [0.15, 0.2) is 0 Å². The standard InChI is InChI=1S/C16H15F3N2/c1-11-3-7-13(8-4-11)20-15(16(17,18)19)21-14-9-5-12(2)6-10-14/h3-10H,1-2H3,(H,20,21). The highest BCUT2D eigenvalue weighted by molar-refractivity contribution is 6.01. The molecule has 2 rings (SSSR count). The number of aliphatic imine (C=N–C) groups is 1. The Labute approximate surface area is 121 Å². The van der Waals surface area contributed by atoms with E-state index in [0.29, 0.717) is 5.69 Å². The maximum atomic E-state index is 13.1. The normalized spacial score (nSPS) is 12.3. The zero-order valence-electron chi connectivity index (χ0n) is 11.7. The molecule has 0 unspecified atom stereocenters. The van der Waals surface area contributed by atoms with E-state index >= 15 is 0 Å². The summed E-state index contributed by atoms with van der Waals surface area (Å²) in [6.07, 6.45) is -4.55. The zero-order valence-corrected chi connectivity index (χ0v) is 11.7. The number of nitrogens with one attached hydrogen (secondary N) is 1. The van der Waals surface area contributed by atoms with Crippen LogP contribution in [-0.2, 0) is 0 Å². The van der Waals surface area contributed by atoms with E-state index in [1.807, 2.05) is 13.8 Å². The summed E-state index contributed by atoms with van der Waals surface area (Å²) in [6, 6.07) is 13.2. The average molecular weight is 292 g/mol. The van der Waals surface area contributed by atoms with Gasteiger partial charge >= 0.3 is 6.18 Å². The predicted octanol–water partition coefficient (Wildman–Crippen LogP) is 5.01. The van der Waals surface area contributed by atoms with Crippen molar-refractivity contribution in [2.45, 2.75) is 20.0 Å². The topological polar surface area (TPSA) is 24.4 Å². The van der Waals surface area contributed by atoms with Crippen molar-refractivity contribution in [3.8, 4) is 0 Å². The molecule has 0 radical (unpaired) electrons. The molecule has 0 heterocycles. The quantitative estimate of drug-likeness (QED) is 0.611. The van der Waals surface area contributed by atoms with Gasteiger partial charge in [0.2, 0.25) is 5.84 Å². The van der Waals surface area contributed by atoms with Crippen molar-refractivity contribution in [2.24, 2.45) is 4.99 Å². The Morgan fingerprint density at radius 3 is 1.81 bits per heavy atom. The van der Waals surface area contributed by atoms with Crippen LogP contribution in [-0.4, -0.2) is 12.0 Å². The van der Waals surface area contributed by atoms with Gasteiger partial charge in [-0.3, -0.25) is 0 Å². The lowest BCUT2D eigenvalue weighted by Gasteiger charge is -2.13. The molecule has 0 aliphatic heterocycles. The summed E-state index contributed by atoms with van der Waals surface area (Å²) in [4.78, 5) is 3.67. The van der Waals surface area contributed by atoms with Crippen LogP contribution in [0.3, 0.4) is 0 Å². The van der Waals surface area contributed by atoms with Gasteiger partial charge in [-0.25, -0.2) is 4.99 Å². The second-order valence-corrected chi connectivity index (χ2v) is 4.78. The fourth-order valence-electron chi connectivity index (χ4n) is 1.68. The maximum Gasteiger partial charge on any atom is 0.449 e. The molecule has 0 aliphatic rings. The summed E-state index contributed by atoms with van der Waals surface area (Å²) < 4.78 is 39.2. The molecule has 1 N–H and O–H groups in total. The summed E-state index contributed by atoms with van der Waals surface area (Å²) in [6.45, 7) is 3.73. The minimum Gasteiger partial charge on any atom is -0.336 e. The van der Waals surface area contributed by atoms with Gasteiger partial charge < -0.3 is 5.32 Å². The Morgan fingerprint density at radius 1 is 0.857 bits per heavy atom. The van der Waals surface area contributed by atoms with E-state index < -0.39 is 12.0 Å². The zero-order chi connectivity index (χ0) is 15.5.